The summed E-state index contributed by atoms with van der Waals surface area (Å²) in [5, 5.41) is 0. The van der Waals surface area contributed by atoms with Crippen molar-refractivity contribution >= 4 is 17.9 Å². The fourth-order valence-electron chi connectivity index (χ4n) is 9.20. The molecule has 0 aliphatic rings. The van der Waals surface area contributed by atoms with Gasteiger partial charge in [0.25, 0.3) is 0 Å². The van der Waals surface area contributed by atoms with Crippen LogP contribution in [0.3, 0.4) is 0 Å². The number of unbranched alkanes of at least 4 members (excludes halogenated alkanes) is 38. The molecule has 6 nitrogen and oxygen atoms in total. The smallest absolute Gasteiger partial charge is 0.306 e. The van der Waals surface area contributed by atoms with Crippen LogP contribution < -0.4 is 0 Å². The number of hydrogen-bond donors (Lipinski definition) is 0. The van der Waals surface area contributed by atoms with E-state index >= 15 is 0 Å². The Bertz CT molecular complexity index is 1010. The van der Waals surface area contributed by atoms with Crippen LogP contribution in [0.4, 0.5) is 0 Å². The summed E-state index contributed by atoms with van der Waals surface area (Å²) >= 11 is 0. The molecule has 0 aliphatic carbocycles. The van der Waals surface area contributed by atoms with E-state index in [1.54, 1.807) is 0 Å². The molecule has 0 fully saturated rings. The largest absolute Gasteiger partial charge is 0.462 e. The van der Waals surface area contributed by atoms with Gasteiger partial charge in [0.1, 0.15) is 13.2 Å². The van der Waals surface area contributed by atoms with Crippen molar-refractivity contribution < 1.29 is 28.6 Å². The second-order valence-corrected chi connectivity index (χ2v) is 21.4. The third-order valence-electron chi connectivity index (χ3n) is 14.1. The van der Waals surface area contributed by atoms with Crippen LogP contribution in [0, 0.1) is 11.8 Å². The fraction of sp³-hybridized carbons (Fsp3) is 0.950. The molecule has 0 aromatic carbocycles. The van der Waals surface area contributed by atoms with E-state index in [1.807, 2.05) is 0 Å². The predicted molar refractivity (Wildman–Crippen MR) is 284 cm³/mol. The van der Waals surface area contributed by atoms with Gasteiger partial charge in [0.2, 0.25) is 0 Å². The first-order valence-electron chi connectivity index (χ1n) is 29.8. The number of carbonyl (C=O) groups excluding carboxylic acids is 3. The minimum atomic E-state index is -0.763. The van der Waals surface area contributed by atoms with Crippen molar-refractivity contribution in [3.8, 4) is 0 Å². The second-order valence-electron chi connectivity index (χ2n) is 21.4. The molecule has 66 heavy (non-hydrogen) atoms. The standard InChI is InChI=1S/C60H116O6/c1-6-8-9-10-11-12-13-14-15-16-21-26-32-37-42-47-52-60(63)66-57(54-65-59(62)51-46-41-36-31-27-22-23-28-33-38-43-48-55(3)4)53-64-58(61)50-45-40-35-30-25-20-18-17-19-24-29-34-39-44-49-56(5)7-2/h55-57H,6-54H2,1-5H3/t56?,57-/m1/s1. The lowest BCUT2D eigenvalue weighted by atomic mass is 9.99. The van der Waals surface area contributed by atoms with Gasteiger partial charge in [-0.25, -0.2) is 0 Å². The molecule has 0 saturated heterocycles. The molecule has 0 amide bonds. The van der Waals surface area contributed by atoms with Gasteiger partial charge >= 0.3 is 17.9 Å². The van der Waals surface area contributed by atoms with E-state index in [1.165, 1.54) is 225 Å². The van der Waals surface area contributed by atoms with Gasteiger partial charge in [-0.3, -0.25) is 14.4 Å². The summed E-state index contributed by atoms with van der Waals surface area (Å²) < 4.78 is 16.9. The Morgan fingerprint density at radius 2 is 0.576 bits per heavy atom. The van der Waals surface area contributed by atoms with Crippen molar-refractivity contribution in [2.75, 3.05) is 13.2 Å². The van der Waals surface area contributed by atoms with Crippen molar-refractivity contribution in [1.29, 1.82) is 0 Å². The van der Waals surface area contributed by atoms with E-state index in [-0.39, 0.29) is 31.1 Å². The molecule has 392 valence electrons. The van der Waals surface area contributed by atoms with E-state index in [0.29, 0.717) is 19.3 Å². The molecule has 0 aromatic heterocycles. The van der Waals surface area contributed by atoms with Gasteiger partial charge in [-0.05, 0) is 31.1 Å². The minimum Gasteiger partial charge on any atom is -0.462 e. The quantitative estimate of drug-likeness (QED) is 0.0343. The van der Waals surface area contributed by atoms with Gasteiger partial charge in [-0.15, -0.1) is 0 Å². The molecular formula is C60H116O6. The summed E-state index contributed by atoms with van der Waals surface area (Å²) in [4.78, 5) is 38.2. The topological polar surface area (TPSA) is 78.9 Å². The van der Waals surface area contributed by atoms with Crippen LogP contribution >= 0.6 is 0 Å². The highest BCUT2D eigenvalue weighted by molar-refractivity contribution is 5.71. The lowest BCUT2D eigenvalue weighted by molar-refractivity contribution is -0.167. The molecule has 6 heteroatoms. The van der Waals surface area contributed by atoms with Crippen LogP contribution in [-0.4, -0.2) is 37.2 Å². The molecule has 0 N–H and O–H groups in total. The first-order valence-corrected chi connectivity index (χ1v) is 29.8. The van der Waals surface area contributed by atoms with E-state index < -0.39 is 6.10 Å². The lowest BCUT2D eigenvalue weighted by Gasteiger charge is -2.18. The van der Waals surface area contributed by atoms with Crippen molar-refractivity contribution in [3.05, 3.63) is 0 Å². The molecule has 0 aliphatic heterocycles. The van der Waals surface area contributed by atoms with Gasteiger partial charge in [0.05, 0.1) is 0 Å². The van der Waals surface area contributed by atoms with Crippen LogP contribution in [0.5, 0.6) is 0 Å². The number of esters is 3. The SMILES string of the molecule is CCCCCCCCCCCCCCCCCCC(=O)O[C@H](COC(=O)CCCCCCCCCCCCCCCCC(C)CC)COC(=O)CCCCCCCCCCCCCC(C)C. The number of ether oxygens (including phenoxy) is 3. The normalized spacial score (nSPS) is 12.5. The van der Waals surface area contributed by atoms with Gasteiger partial charge in [-0.1, -0.05) is 298 Å². The maximum Gasteiger partial charge on any atom is 0.306 e. The van der Waals surface area contributed by atoms with Gasteiger partial charge in [0.15, 0.2) is 6.10 Å². The highest BCUT2D eigenvalue weighted by Gasteiger charge is 2.19. The summed E-state index contributed by atoms with van der Waals surface area (Å²) in [6.45, 7) is 11.5. The van der Waals surface area contributed by atoms with Gasteiger partial charge in [0, 0.05) is 19.3 Å². The van der Waals surface area contributed by atoms with Crippen molar-refractivity contribution in [2.45, 2.75) is 343 Å². The zero-order chi connectivity index (χ0) is 48.2. The predicted octanol–water partition coefficient (Wildman–Crippen LogP) is 19.7. The molecule has 2 atom stereocenters. The van der Waals surface area contributed by atoms with Crippen LogP contribution in [-0.2, 0) is 28.6 Å². The average Bonchev–Trinajstić information content (AvgIpc) is 3.30. The fourth-order valence-corrected chi connectivity index (χ4v) is 9.20. The lowest BCUT2D eigenvalue weighted by Crippen LogP contribution is -2.30. The van der Waals surface area contributed by atoms with Gasteiger partial charge in [-0.2, -0.15) is 0 Å². The van der Waals surface area contributed by atoms with E-state index in [2.05, 4.69) is 34.6 Å². The summed E-state index contributed by atoms with van der Waals surface area (Å²) in [6.07, 6.45) is 56.6. The molecular weight excluding hydrogens is 817 g/mol. The summed E-state index contributed by atoms with van der Waals surface area (Å²) in [5.74, 6) is 0.885. The Hall–Kier alpha value is -1.59. The average molecular weight is 934 g/mol. The second kappa shape index (κ2) is 52.8. The zero-order valence-corrected chi connectivity index (χ0v) is 45.3. The summed E-state index contributed by atoms with van der Waals surface area (Å²) in [7, 11) is 0. The zero-order valence-electron chi connectivity index (χ0n) is 45.3. The highest BCUT2D eigenvalue weighted by Crippen LogP contribution is 2.19. The maximum atomic E-state index is 12.9. The van der Waals surface area contributed by atoms with Gasteiger partial charge < -0.3 is 14.2 Å². The number of rotatable bonds is 54. The minimum absolute atomic E-state index is 0.0625. The number of carbonyl (C=O) groups is 3. The van der Waals surface area contributed by atoms with Crippen LogP contribution in [0.1, 0.15) is 336 Å². The third kappa shape index (κ3) is 51.8. The van der Waals surface area contributed by atoms with Crippen LogP contribution in [0.15, 0.2) is 0 Å². The summed E-state index contributed by atoms with van der Waals surface area (Å²) in [6, 6.07) is 0. The first kappa shape index (κ1) is 64.4. The monoisotopic (exact) mass is 933 g/mol. The Morgan fingerprint density at radius 1 is 0.318 bits per heavy atom. The van der Waals surface area contributed by atoms with E-state index in [9.17, 15) is 14.4 Å². The Balaban J connectivity index is 4.30. The molecule has 0 bridgehead atoms. The molecule has 0 radical (unpaired) electrons. The molecule has 0 aromatic rings. The first-order chi connectivity index (χ1) is 32.3. The Morgan fingerprint density at radius 3 is 0.864 bits per heavy atom. The molecule has 0 saturated carbocycles. The van der Waals surface area contributed by atoms with E-state index in [0.717, 1.165) is 69.6 Å². The molecule has 0 spiro atoms. The molecule has 0 rings (SSSR count). The molecule has 1 unspecified atom stereocenters. The Labute approximate surface area is 412 Å². The van der Waals surface area contributed by atoms with Crippen molar-refractivity contribution in [2.24, 2.45) is 11.8 Å². The maximum absolute atomic E-state index is 12.9. The number of hydrogen-bond acceptors (Lipinski definition) is 6. The van der Waals surface area contributed by atoms with Crippen LogP contribution in [0.2, 0.25) is 0 Å². The van der Waals surface area contributed by atoms with Crippen molar-refractivity contribution in [1.82, 2.24) is 0 Å². The summed E-state index contributed by atoms with van der Waals surface area (Å²) in [5.41, 5.74) is 0. The van der Waals surface area contributed by atoms with Crippen LogP contribution in [0.25, 0.3) is 0 Å². The highest BCUT2D eigenvalue weighted by atomic mass is 16.6. The third-order valence-corrected chi connectivity index (χ3v) is 14.1. The Kier molecular flexibility index (Phi) is 51.5. The van der Waals surface area contributed by atoms with E-state index in [4.69, 9.17) is 14.2 Å². The molecule has 0 heterocycles. The van der Waals surface area contributed by atoms with Crippen molar-refractivity contribution in [3.63, 3.8) is 0 Å².